The van der Waals surface area contributed by atoms with Crippen LogP contribution in [0.25, 0.3) is 0 Å². The van der Waals surface area contributed by atoms with Crippen molar-refractivity contribution < 1.29 is 24.6 Å². The van der Waals surface area contributed by atoms with Gasteiger partial charge in [0.25, 0.3) is 0 Å². The number of aromatic carboxylic acids is 1. The Kier molecular flexibility index (Phi) is 2.49. The first-order valence-electron chi connectivity index (χ1n) is 7.11. The molecule has 4 rings (SSSR count). The molecular formula is C16H13NO5. The zero-order valence-corrected chi connectivity index (χ0v) is 11.5. The minimum atomic E-state index is -1.31. The Hall–Kier alpha value is -2.63. The maximum absolute atomic E-state index is 12.6. The van der Waals surface area contributed by atoms with Gasteiger partial charge in [-0.3, -0.25) is 9.59 Å². The Bertz CT molecular complexity index is 723. The Labute approximate surface area is 125 Å². The number of hydrogen-bond acceptors (Lipinski definition) is 4. The number of carbonyl (C=O) groups is 3. The van der Waals surface area contributed by atoms with Crippen molar-refractivity contribution in [2.45, 2.75) is 6.42 Å². The number of nitrogens with zero attached hydrogens (tertiary/aromatic N) is 1. The van der Waals surface area contributed by atoms with Crippen molar-refractivity contribution in [1.82, 2.24) is 0 Å². The van der Waals surface area contributed by atoms with Crippen molar-refractivity contribution >= 4 is 23.5 Å². The molecule has 22 heavy (non-hydrogen) atoms. The summed E-state index contributed by atoms with van der Waals surface area (Å²) in [5.41, 5.74) is -0.116. The van der Waals surface area contributed by atoms with Crippen molar-refractivity contribution in [3.05, 3.63) is 35.9 Å². The highest BCUT2D eigenvalue weighted by atomic mass is 16.4. The molecular weight excluding hydrogens is 286 g/mol. The normalized spacial score (nSPS) is 31.9. The van der Waals surface area contributed by atoms with Crippen LogP contribution in [-0.2, 0) is 9.59 Å². The average Bonchev–Trinajstić information content (AvgIpc) is 3.14. The number of allylic oxidation sites excluding steroid dienone is 2. The van der Waals surface area contributed by atoms with Crippen LogP contribution in [0.1, 0.15) is 16.8 Å². The highest BCUT2D eigenvalue weighted by molar-refractivity contribution is 6.23. The van der Waals surface area contributed by atoms with Crippen molar-refractivity contribution in [1.29, 1.82) is 0 Å². The molecule has 2 bridgehead atoms. The molecule has 2 amide bonds. The summed E-state index contributed by atoms with van der Waals surface area (Å²) in [6.07, 6.45) is 4.84. The number of anilines is 1. The van der Waals surface area contributed by atoms with Crippen molar-refractivity contribution in [3.8, 4) is 5.75 Å². The SMILES string of the molecule is O=C(O)c1cc(N2C(=O)[C@@H]3[C@@H](C2=O)[C@H]2C=C[C@@H]3C2)ccc1O. The molecule has 1 aromatic carbocycles. The Morgan fingerprint density at radius 1 is 1.09 bits per heavy atom. The number of aromatic hydroxyl groups is 1. The average molecular weight is 299 g/mol. The molecule has 4 atom stereocenters. The lowest BCUT2D eigenvalue weighted by molar-refractivity contribution is -0.123. The fraction of sp³-hybridized carbons (Fsp3) is 0.312. The largest absolute Gasteiger partial charge is 0.507 e. The van der Waals surface area contributed by atoms with Crippen LogP contribution in [0, 0.1) is 23.7 Å². The highest BCUT2D eigenvalue weighted by Gasteiger charge is 2.59. The van der Waals surface area contributed by atoms with Gasteiger partial charge < -0.3 is 10.2 Å². The van der Waals surface area contributed by atoms with E-state index in [-0.39, 0.29) is 46.7 Å². The molecule has 2 fully saturated rings. The molecule has 1 heterocycles. The number of carboxylic acid groups (broad SMARTS) is 1. The van der Waals surface area contributed by atoms with Gasteiger partial charge in [-0.25, -0.2) is 9.69 Å². The lowest BCUT2D eigenvalue weighted by atomic mass is 9.85. The third-order valence-electron chi connectivity index (χ3n) is 4.94. The number of phenols is 1. The van der Waals surface area contributed by atoms with Crippen LogP contribution in [0.15, 0.2) is 30.4 Å². The molecule has 112 valence electrons. The summed E-state index contributed by atoms with van der Waals surface area (Å²) in [7, 11) is 0. The van der Waals surface area contributed by atoms with Crippen LogP contribution in [0.5, 0.6) is 5.75 Å². The van der Waals surface area contributed by atoms with Gasteiger partial charge in [0.1, 0.15) is 11.3 Å². The molecule has 1 saturated carbocycles. The van der Waals surface area contributed by atoms with Crippen molar-refractivity contribution in [2.24, 2.45) is 23.7 Å². The summed E-state index contributed by atoms with van der Waals surface area (Å²) in [6.45, 7) is 0. The molecule has 3 aliphatic rings. The van der Waals surface area contributed by atoms with E-state index in [0.717, 1.165) is 11.3 Å². The van der Waals surface area contributed by atoms with E-state index in [1.807, 2.05) is 12.2 Å². The summed E-state index contributed by atoms with van der Waals surface area (Å²) in [6, 6.07) is 3.76. The Morgan fingerprint density at radius 3 is 2.23 bits per heavy atom. The topological polar surface area (TPSA) is 94.9 Å². The van der Waals surface area contributed by atoms with Gasteiger partial charge >= 0.3 is 5.97 Å². The predicted octanol–water partition coefficient (Wildman–Crippen LogP) is 1.40. The van der Waals surface area contributed by atoms with E-state index < -0.39 is 11.7 Å². The van der Waals surface area contributed by atoms with Crippen molar-refractivity contribution in [3.63, 3.8) is 0 Å². The summed E-state index contributed by atoms with van der Waals surface area (Å²) < 4.78 is 0. The van der Waals surface area contributed by atoms with Crippen LogP contribution < -0.4 is 4.90 Å². The van der Waals surface area contributed by atoms with E-state index >= 15 is 0 Å². The third kappa shape index (κ3) is 1.52. The molecule has 0 spiro atoms. The number of imide groups is 1. The fourth-order valence-electron chi connectivity index (χ4n) is 3.99. The first-order valence-corrected chi connectivity index (χ1v) is 7.11. The van der Waals surface area contributed by atoms with E-state index in [4.69, 9.17) is 5.11 Å². The van der Waals surface area contributed by atoms with E-state index in [9.17, 15) is 19.5 Å². The molecule has 1 aliphatic heterocycles. The summed E-state index contributed by atoms with van der Waals surface area (Å²) in [5, 5.41) is 18.6. The monoisotopic (exact) mass is 299 g/mol. The van der Waals surface area contributed by atoms with Gasteiger partial charge in [-0.2, -0.15) is 0 Å². The van der Waals surface area contributed by atoms with Gasteiger partial charge in [-0.1, -0.05) is 12.2 Å². The van der Waals surface area contributed by atoms with Gasteiger partial charge in [0, 0.05) is 0 Å². The molecule has 6 heteroatoms. The van der Waals surface area contributed by atoms with E-state index in [1.165, 1.54) is 18.2 Å². The molecule has 2 aliphatic carbocycles. The lowest BCUT2D eigenvalue weighted by Crippen LogP contribution is -2.33. The van der Waals surface area contributed by atoms with E-state index in [2.05, 4.69) is 0 Å². The minimum absolute atomic E-state index is 0.104. The maximum atomic E-state index is 12.6. The number of benzene rings is 1. The van der Waals surface area contributed by atoms with Gasteiger partial charge in [0.2, 0.25) is 11.8 Å². The molecule has 6 nitrogen and oxygen atoms in total. The molecule has 0 unspecified atom stereocenters. The maximum Gasteiger partial charge on any atom is 0.339 e. The molecule has 1 aromatic rings. The number of hydrogen-bond donors (Lipinski definition) is 2. The zero-order valence-electron chi connectivity index (χ0n) is 11.5. The van der Waals surface area contributed by atoms with Gasteiger partial charge in [-0.15, -0.1) is 0 Å². The summed E-state index contributed by atoms with van der Waals surface area (Å²) >= 11 is 0. The number of fused-ring (bicyclic) bond motifs is 5. The Balaban J connectivity index is 1.76. The second-order valence-electron chi connectivity index (χ2n) is 6.02. The van der Waals surface area contributed by atoms with Crippen molar-refractivity contribution in [2.75, 3.05) is 4.90 Å². The summed E-state index contributed by atoms with van der Waals surface area (Å²) in [4.78, 5) is 37.4. The number of amides is 2. The number of carboxylic acids is 1. The Morgan fingerprint density at radius 2 is 1.68 bits per heavy atom. The quantitative estimate of drug-likeness (QED) is 0.636. The fourth-order valence-corrected chi connectivity index (χ4v) is 3.99. The molecule has 0 aromatic heterocycles. The molecule has 2 N–H and O–H groups in total. The van der Waals surface area contributed by atoms with Crippen LogP contribution >= 0.6 is 0 Å². The molecule has 1 saturated heterocycles. The van der Waals surface area contributed by atoms with Gasteiger partial charge in [0.05, 0.1) is 17.5 Å². The smallest absolute Gasteiger partial charge is 0.339 e. The second kappa shape index (κ2) is 4.19. The number of carbonyl (C=O) groups excluding carboxylic acids is 2. The minimum Gasteiger partial charge on any atom is -0.507 e. The van der Waals surface area contributed by atoms with Crippen LogP contribution in [0.3, 0.4) is 0 Å². The first kappa shape index (κ1) is 13.1. The summed E-state index contributed by atoms with van der Waals surface area (Å²) in [5.74, 6) is -2.69. The molecule has 0 radical (unpaired) electrons. The standard InChI is InChI=1S/C16H13NO5/c18-11-4-3-9(6-10(11)16(21)22)17-14(19)12-7-1-2-8(5-7)13(12)15(17)20/h1-4,6-8,12-13,18H,5H2,(H,21,22)/t7-,8+,12-,13-/m0/s1. The first-order chi connectivity index (χ1) is 10.5. The van der Waals surface area contributed by atoms with Gasteiger partial charge in [0.15, 0.2) is 0 Å². The van der Waals surface area contributed by atoms with Gasteiger partial charge in [-0.05, 0) is 36.5 Å². The zero-order chi connectivity index (χ0) is 15.6. The van der Waals surface area contributed by atoms with E-state index in [0.29, 0.717) is 0 Å². The van der Waals surface area contributed by atoms with Crippen LogP contribution in [0.2, 0.25) is 0 Å². The van der Waals surface area contributed by atoms with Crippen LogP contribution in [0.4, 0.5) is 5.69 Å². The lowest BCUT2D eigenvalue weighted by Gasteiger charge is -2.18. The predicted molar refractivity (Wildman–Crippen MR) is 75.3 cm³/mol. The van der Waals surface area contributed by atoms with Crippen LogP contribution in [-0.4, -0.2) is 28.0 Å². The highest BCUT2D eigenvalue weighted by Crippen LogP contribution is 2.53. The van der Waals surface area contributed by atoms with E-state index in [1.54, 1.807) is 0 Å². The second-order valence-corrected chi connectivity index (χ2v) is 6.02. The number of rotatable bonds is 2. The third-order valence-corrected chi connectivity index (χ3v) is 4.94.